The van der Waals surface area contributed by atoms with Gasteiger partial charge in [-0.15, -0.1) is 0 Å². The van der Waals surface area contributed by atoms with Gasteiger partial charge in [0.2, 0.25) is 0 Å². The van der Waals surface area contributed by atoms with E-state index in [0.717, 1.165) is 6.07 Å². The number of alkyl halides is 3. The molecule has 0 N–H and O–H groups in total. The highest BCUT2D eigenvalue weighted by Gasteiger charge is 2.35. The lowest BCUT2D eigenvalue weighted by molar-refractivity contribution is -0.137. The number of hydrogen-bond acceptors (Lipinski definition) is 9. The van der Waals surface area contributed by atoms with Gasteiger partial charge < -0.3 is 9.13 Å². The van der Waals surface area contributed by atoms with Crippen LogP contribution < -0.4 is 0 Å². The fourth-order valence-electron chi connectivity index (χ4n) is 11.3. The van der Waals surface area contributed by atoms with Crippen LogP contribution in [0.15, 0.2) is 182 Å². The minimum atomic E-state index is -4.84. The van der Waals surface area contributed by atoms with Gasteiger partial charge in [-0.05, 0) is 165 Å². The highest BCUT2D eigenvalue weighted by Crippen LogP contribution is 2.46. The van der Waals surface area contributed by atoms with E-state index < -0.39 is 11.7 Å². The topological polar surface area (TPSA) is 224 Å². The van der Waals surface area contributed by atoms with Crippen LogP contribution in [-0.2, 0) is 6.18 Å². The quantitative estimate of drug-likeness (QED) is 0.148. The minimum absolute atomic E-state index is 0.0278. The maximum Gasteiger partial charge on any atom is 0.417 e. The van der Waals surface area contributed by atoms with Crippen molar-refractivity contribution in [2.45, 2.75) is 6.18 Å². The predicted molar refractivity (Wildman–Crippen MR) is 310 cm³/mol. The minimum Gasteiger partial charge on any atom is -0.307 e. The molecule has 84 heavy (non-hydrogen) atoms. The first-order chi connectivity index (χ1) is 40.8. The van der Waals surface area contributed by atoms with Crippen LogP contribution in [0.5, 0.6) is 0 Å². The van der Waals surface area contributed by atoms with Gasteiger partial charge in [0.1, 0.15) is 0 Å². The van der Waals surface area contributed by atoms with E-state index in [4.69, 9.17) is 0 Å². The molecule has 10 aromatic carbocycles. The van der Waals surface area contributed by atoms with Gasteiger partial charge in [-0.3, -0.25) is 0 Å². The number of benzene rings is 10. The van der Waals surface area contributed by atoms with Crippen molar-refractivity contribution in [3.05, 3.63) is 238 Å². The Bertz CT molecular complexity index is 5060. The van der Waals surface area contributed by atoms with E-state index in [-0.39, 0.29) is 61.2 Å². The van der Waals surface area contributed by atoms with Gasteiger partial charge >= 0.3 is 6.18 Å². The lowest BCUT2D eigenvalue weighted by atomic mass is 9.94. The first-order valence-corrected chi connectivity index (χ1v) is 25.6. The third kappa shape index (κ3) is 8.48. The van der Waals surface area contributed by atoms with Gasteiger partial charge in [0.15, 0.2) is 0 Å². The summed E-state index contributed by atoms with van der Waals surface area (Å²) in [4.78, 5) is 0. The molecular formula is C70H30F3N11. The van der Waals surface area contributed by atoms with Gasteiger partial charge in [0, 0.05) is 27.1 Å². The van der Waals surface area contributed by atoms with Crippen LogP contribution in [0.4, 0.5) is 13.2 Å². The molecule has 14 heteroatoms. The molecule has 2 aromatic heterocycles. The maximum absolute atomic E-state index is 15.2. The summed E-state index contributed by atoms with van der Waals surface area (Å²) in [6.45, 7) is 0. The first kappa shape index (κ1) is 51.7. The fraction of sp³-hybridized carbons (Fsp3) is 0.0143. The lowest BCUT2D eigenvalue weighted by Gasteiger charge is -2.21. The van der Waals surface area contributed by atoms with Crippen LogP contribution in [0, 0.1) is 102 Å². The molecule has 0 aliphatic carbocycles. The summed E-state index contributed by atoms with van der Waals surface area (Å²) in [5.74, 6) is 0. The number of nitrogens with zero attached hydrogens (tertiary/aromatic N) is 11. The van der Waals surface area contributed by atoms with E-state index in [1.165, 1.54) is 42.5 Å². The van der Waals surface area contributed by atoms with Crippen LogP contribution >= 0.6 is 0 Å². The molecular weight excluding hydrogens is 1050 g/mol. The van der Waals surface area contributed by atoms with Crippen molar-refractivity contribution >= 4 is 43.6 Å². The molecule has 0 spiro atoms. The van der Waals surface area contributed by atoms with Crippen molar-refractivity contribution in [2.75, 3.05) is 0 Å². The van der Waals surface area contributed by atoms with Crippen molar-refractivity contribution in [1.82, 2.24) is 9.13 Å². The third-order valence-corrected chi connectivity index (χ3v) is 15.1. The Balaban J connectivity index is 1.23. The zero-order chi connectivity index (χ0) is 58.6. The lowest BCUT2D eigenvalue weighted by Crippen LogP contribution is -2.09. The van der Waals surface area contributed by atoms with Crippen LogP contribution in [0.25, 0.3) is 111 Å². The number of fused-ring (bicyclic) bond motifs is 6. The highest BCUT2D eigenvalue weighted by molar-refractivity contribution is 6.14. The van der Waals surface area contributed by atoms with E-state index in [1.807, 2.05) is 69.8 Å². The number of halogens is 3. The molecule has 0 atom stereocenters. The predicted octanol–water partition coefficient (Wildman–Crippen LogP) is 16.1. The average molecular weight is 1080 g/mol. The Hall–Kier alpha value is -13.0. The molecule has 11 nitrogen and oxygen atoms in total. The summed E-state index contributed by atoms with van der Waals surface area (Å²) >= 11 is 0. The van der Waals surface area contributed by atoms with Gasteiger partial charge in [0.25, 0.3) is 0 Å². The van der Waals surface area contributed by atoms with Crippen LogP contribution in [-0.4, -0.2) is 9.13 Å². The van der Waals surface area contributed by atoms with Crippen molar-refractivity contribution in [3.63, 3.8) is 0 Å². The summed E-state index contributed by atoms with van der Waals surface area (Å²) in [5.41, 5.74) is 8.14. The second kappa shape index (κ2) is 20.3. The second-order valence-electron chi connectivity index (χ2n) is 19.6. The average Bonchev–Trinajstić information content (AvgIpc) is 1.72. The largest absolute Gasteiger partial charge is 0.417 e. The SMILES string of the molecule is N#Cc1ccc(-c2ccc3c(c2)c2cc(-c4ccc(C#N)cc4C#N)ccc2n3-c2cc(C#N)c(-c3ccccc3C(F)(F)F)cc2-n2c3ccc(-c4ccc(C#N)cc4C#N)cc3c3cc(-c4ccc(C#N)cc4C#N)ccc32)c(C#N)c1. The normalized spacial score (nSPS) is 10.9. The molecule has 12 rings (SSSR count). The van der Waals surface area contributed by atoms with Crippen molar-refractivity contribution < 1.29 is 13.2 Å². The smallest absolute Gasteiger partial charge is 0.307 e. The number of nitriles is 9. The molecule has 0 unspecified atom stereocenters. The van der Waals surface area contributed by atoms with Gasteiger partial charge in [-0.25, -0.2) is 0 Å². The summed E-state index contributed by atoms with van der Waals surface area (Å²) < 4.78 is 49.4. The Morgan fingerprint density at radius 3 is 0.869 bits per heavy atom. The summed E-state index contributed by atoms with van der Waals surface area (Å²) in [5, 5.41) is 94.1. The molecule has 0 saturated carbocycles. The monoisotopic (exact) mass is 1080 g/mol. The van der Waals surface area contributed by atoms with E-state index in [0.29, 0.717) is 99.5 Å². The third-order valence-electron chi connectivity index (χ3n) is 15.1. The molecule has 0 fully saturated rings. The first-order valence-electron chi connectivity index (χ1n) is 25.6. The molecule has 12 aromatic rings. The Morgan fingerprint density at radius 2 is 0.571 bits per heavy atom. The fourth-order valence-corrected chi connectivity index (χ4v) is 11.3. The van der Waals surface area contributed by atoms with E-state index >= 15 is 13.2 Å². The zero-order valence-corrected chi connectivity index (χ0v) is 43.4. The molecule has 0 amide bonds. The van der Waals surface area contributed by atoms with Crippen LogP contribution in [0.3, 0.4) is 0 Å². The maximum atomic E-state index is 15.2. The number of rotatable bonds is 7. The van der Waals surface area contributed by atoms with E-state index in [2.05, 4.69) is 54.6 Å². The van der Waals surface area contributed by atoms with Gasteiger partial charge in [0.05, 0.1) is 144 Å². The van der Waals surface area contributed by atoms with Gasteiger partial charge in [-0.1, -0.05) is 66.7 Å². The number of aromatic nitrogens is 2. The van der Waals surface area contributed by atoms with Crippen molar-refractivity contribution in [3.8, 4) is 122 Å². The summed E-state index contributed by atoms with van der Waals surface area (Å²) in [7, 11) is 0. The summed E-state index contributed by atoms with van der Waals surface area (Å²) in [6.07, 6.45) is -4.84. The molecule has 0 aliphatic heterocycles. The Kier molecular flexibility index (Phi) is 12.5. The Morgan fingerprint density at radius 1 is 0.274 bits per heavy atom. The highest BCUT2D eigenvalue weighted by atomic mass is 19.4. The van der Waals surface area contributed by atoms with Crippen LogP contribution in [0.1, 0.15) is 55.6 Å². The van der Waals surface area contributed by atoms with Crippen molar-refractivity contribution in [1.29, 1.82) is 47.4 Å². The molecule has 0 radical (unpaired) electrons. The summed E-state index contributed by atoms with van der Waals surface area (Å²) in [6, 6.07) is 68.9. The van der Waals surface area contributed by atoms with E-state index in [1.54, 1.807) is 72.8 Å². The zero-order valence-electron chi connectivity index (χ0n) is 43.4. The molecule has 0 aliphatic rings. The van der Waals surface area contributed by atoms with Crippen LogP contribution in [0.2, 0.25) is 0 Å². The molecule has 386 valence electrons. The molecule has 2 heterocycles. The van der Waals surface area contributed by atoms with E-state index in [9.17, 15) is 47.4 Å². The second-order valence-corrected chi connectivity index (χ2v) is 19.6. The standard InChI is InChI=1S/C70H30F3N11/c71-70(72,73)63-4-2-1-3-57(63)58-30-69(84-66-19-11-46(55-15-7-42(33-76)23-50(55)37-80)27-61(66)62-28-47(12-20-67(62)84)56-16-8-43(34-77)24-51(56)38-81)68(29-52(58)39-82)83-64-17-9-44(53-13-5-40(31-74)21-48(53)35-78)25-59(64)60-26-45(10-18-65(60)83)54-14-6-41(32-75)22-49(54)36-79/h1-30H. The molecule has 0 saturated heterocycles. The number of hydrogen-bond donors (Lipinski definition) is 0. The molecule has 0 bridgehead atoms. The van der Waals surface area contributed by atoms with Gasteiger partial charge in [-0.2, -0.15) is 60.5 Å². The van der Waals surface area contributed by atoms with Crippen molar-refractivity contribution in [2.24, 2.45) is 0 Å². The Labute approximate surface area is 476 Å².